The normalized spacial score (nSPS) is 9.71. The number of fused-ring (bicyclic) bond motifs is 1. The third-order valence-corrected chi connectivity index (χ3v) is 2.11. The number of aromatic nitrogens is 4. The lowest BCUT2D eigenvalue weighted by molar-refractivity contribution is -0.104. The molecule has 0 aliphatic rings. The van der Waals surface area contributed by atoms with Crippen LogP contribution >= 0.6 is 0 Å². The van der Waals surface area contributed by atoms with Gasteiger partial charge in [0.25, 0.3) is 0 Å². The minimum absolute atomic E-state index is 0.0354. The van der Waals surface area contributed by atoms with Crippen LogP contribution < -0.4 is 0 Å². The van der Waals surface area contributed by atoms with Crippen molar-refractivity contribution in [2.24, 2.45) is 0 Å². The fourth-order valence-electron chi connectivity index (χ4n) is 1.37. The molecule has 0 aliphatic carbocycles. The van der Waals surface area contributed by atoms with Crippen LogP contribution in [0.3, 0.4) is 0 Å². The Morgan fingerprint density at radius 1 is 1.53 bits per heavy atom. The summed E-state index contributed by atoms with van der Waals surface area (Å²) in [6, 6.07) is 0. The van der Waals surface area contributed by atoms with Gasteiger partial charge < -0.3 is 4.98 Å². The van der Waals surface area contributed by atoms with Crippen LogP contribution in [0.15, 0.2) is 6.33 Å². The Hall–Kier alpha value is -2.55. The number of nitrogens with zero attached hydrogens (tertiary/aromatic N) is 3. The second-order valence-electron chi connectivity index (χ2n) is 3.19. The van der Waals surface area contributed by atoms with E-state index in [1.807, 2.05) is 0 Å². The van der Waals surface area contributed by atoms with Crippen molar-refractivity contribution in [1.82, 2.24) is 19.9 Å². The van der Waals surface area contributed by atoms with Gasteiger partial charge in [-0.05, 0) is 6.92 Å². The molecule has 2 aromatic heterocycles. The molecule has 6 heteroatoms. The predicted octanol–water partition coefficient (Wildman–Crippen LogP) is 0.300. The van der Waals surface area contributed by atoms with Crippen LogP contribution in [0.4, 0.5) is 0 Å². The Labute approximate surface area is 96.5 Å². The standard InChI is InChI=1S/C11H8N4O2/c1-2-3-4-8-14-10-9(7(17)5-16)12-6-13-11(10)15-8/h5-6H,4H2,1H3,(H,12,13,14,15). The molecule has 0 fully saturated rings. The lowest BCUT2D eigenvalue weighted by Crippen LogP contribution is -2.04. The van der Waals surface area contributed by atoms with Gasteiger partial charge in [-0.2, -0.15) is 0 Å². The van der Waals surface area contributed by atoms with E-state index < -0.39 is 5.78 Å². The zero-order valence-corrected chi connectivity index (χ0v) is 9.02. The average molecular weight is 228 g/mol. The number of aromatic amines is 1. The van der Waals surface area contributed by atoms with Crippen LogP contribution in [0.25, 0.3) is 11.2 Å². The van der Waals surface area contributed by atoms with Crippen molar-refractivity contribution in [2.45, 2.75) is 13.3 Å². The summed E-state index contributed by atoms with van der Waals surface area (Å²) in [6.45, 7) is 1.73. The Morgan fingerprint density at radius 2 is 2.35 bits per heavy atom. The number of aldehydes is 1. The largest absolute Gasteiger partial charge is 0.338 e. The number of imidazole rings is 1. The van der Waals surface area contributed by atoms with Crippen molar-refractivity contribution in [3.05, 3.63) is 17.8 Å². The molecule has 2 heterocycles. The highest BCUT2D eigenvalue weighted by atomic mass is 16.2. The number of rotatable bonds is 3. The van der Waals surface area contributed by atoms with Crippen molar-refractivity contribution in [2.75, 3.05) is 0 Å². The fourth-order valence-corrected chi connectivity index (χ4v) is 1.37. The van der Waals surface area contributed by atoms with Gasteiger partial charge in [-0.1, -0.05) is 5.92 Å². The minimum Gasteiger partial charge on any atom is -0.338 e. The molecular weight excluding hydrogens is 220 g/mol. The Kier molecular flexibility index (Phi) is 2.92. The molecule has 2 aromatic rings. The third-order valence-electron chi connectivity index (χ3n) is 2.11. The van der Waals surface area contributed by atoms with Crippen molar-refractivity contribution in [1.29, 1.82) is 0 Å². The highest BCUT2D eigenvalue weighted by Gasteiger charge is 2.14. The highest BCUT2D eigenvalue weighted by molar-refractivity contribution is 6.34. The number of nitrogens with one attached hydrogen (secondary N) is 1. The van der Waals surface area contributed by atoms with E-state index in [0.29, 0.717) is 23.4 Å². The number of H-pyrrole nitrogens is 1. The molecule has 0 saturated heterocycles. The summed E-state index contributed by atoms with van der Waals surface area (Å²) < 4.78 is 0. The Morgan fingerprint density at radius 3 is 3.06 bits per heavy atom. The summed E-state index contributed by atoms with van der Waals surface area (Å²) in [6.07, 6.45) is 1.85. The molecule has 6 nitrogen and oxygen atoms in total. The van der Waals surface area contributed by atoms with Gasteiger partial charge in [0, 0.05) is 0 Å². The van der Waals surface area contributed by atoms with Gasteiger partial charge in [0.2, 0.25) is 5.78 Å². The second-order valence-corrected chi connectivity index (χ2v) is 3.19. The lowest BCUT2D eigenvalue weighted by atomic mass is 10.3. The minimum atomic E-state index is -0.700. The van der Waals surface area contributed by atoms with Crippen LogP contribution in [0.2, 0.25) is 0 Å². The first-order valence-corrected chi connectivity index (χ1v) is 4.85. The average Bonchev–Trinajstić information content (AvgIpc) is 2.77. The summed E-state index contributed by atoms with van der Waals surface area (Å²) in [5, 5.41) is 0. The van der Waals surface area contributed by atoms with Crippen LogP contribution in [0.1, 0.15) is 23.2 Å². The second kappa shape index (κ2) is 4.53. The molecule has 2 rings (SSSR count). The summed E-state index contributed by atoms with van der Waals surface area (Å²) in [5.41, 5.74) is 0.767. The molecular formula is C11H8N4O2. The molecule has 0 unspecified atom stereocenters. The quantitative estimate of drug-likeness (QED) is 0.353. The van der Waals surface area contributed by atoms with Crippen LogP contribution in [0.5, 0.6) is 0 Å². The van der Waals surface area contributed by atoms with E-state index in [1.54, 1.807) is 6.92 Å². The molecule has 17 heavy (non-hydrogen) atoms. The predicted molar refractivity (Wildman–Crippen MR) is 59.2 cm³/mol. The van der Waals surface area contributed by atoms with E-state index in [4.69, 9.17) is 0 Å². The number of carbonyl (C=O) groups is 2. The van der Waals surface area contributed by atoms with E-state index in [9.17, 15) is 9.59 Å². The van der Waals surface area contributed by atoms with Crippen molar-refractivity contribution >= 4 is 23.2 Å². The van der Waals surface area contributed by atoms with E-state index in [1.165, 1.54) is 6.33 Å². The maximum atomic E-state index is 11.3. The van der Waals surface area contributed by atoms with Gasteiger partial charge in [-0.25, -0.2) is 15.0 Å². The molecule has 0 atom stereocenters. The van der Waals surface area contributed by atoms with Gasteiger partial charge in [-0.15, -0.1) is 5.92 Å². The molecule has 0 bridgehead atoms. The monoisotopic (exact) mass is 228 g/mol. The van der Waals surface area contributed by atoms with Crippen LogP contribution in [0, 0.1) is 11.8 Å². The lowest BCUT2D eigenvalue weighted by Gasteiger charge is -1.92. The van der Waals surface area contributed by atoms with Crippen LogP contribution in [-0.2, 0) is 11.2 Å². The molecule has 0 amide bonds. The molecule has 84 valence electrons. The Bertz CT molecular complexity index is 648. The molecule has 0 aromatic carbocycles. The van der Waals surface area contributed by atoms with E-state index in [0.717, 1.165) is 0 Å². The van der Waals surface area contributed by atoms with Crippen molar-refractivity contribution in [3.8, 4) is 11.8 Å². The zero-order valence-electron chi connectivity index (χ0n) is 9.02. The van der Waals surface area contributed by atoms with Gasteiger partial charge in [0.05, 0.1) is 6.42 Å². The molecule has 0 spiro atoms. The SMILES string of the molecule is CC#CCc1nc2ncnc(C(=O)C=O)c2[nH]1. The third kappa shape index (κ3) is 2.03. The smallest absolute Gasteiger partial charge is 0.246 e. The molecule has 0 radical (unpaired) electrons. The zero-order chi connectivity index (χ0) is 12.3. The van der Waals surface area contributed by atoms with Crippen LogP contribution in [-0.4, -0.2) is 32.0 Å². The molecule has 0 aliphatic heterocycles. The van der Waals surface area contributed by atoms with Gasteiger partial charge in [-0.3, -0.25) is 9.59 Å². The summed E-state index contributed by atoms with van der Waals surface area (Å²) >= 11 is 0. The maximum Gasteiger partial charge on any atom is 0.246 e. The van der Waals surface area contributed by atoms with E-state index >= 15 is 0 Å². The van der Waals surface area contributed by atoms with Gasteiger partial charge >= 0.3 is 0 Å². The first-order valence-electron chi connectivity index (χ1n) is 4.85. The van der Waals surface area contributed by atoms with Crippen molar-refractivity contribution < 1.29 is 9.59 Å². The number of hydrogen-bond acceptors (Lipinski definition) is 5. The number of carbonyl (C=O) groups excluding carboxylic acids is 2. The highest BCUT2D eigenvalue weighted by Crippen LogP contribution is 2.12. The summed E-state index contributed by atoms with van der Waals surface area (Å²) in [5.74, 6) is 5.47. The summed E-state index contributed by atoms with van der Waals surface area (Å²) in [4.78, 5) is 36.5. The number of ketones is 1. The molecule has 0 saturated carbocycles. The Balaban J connectivity index is 2.55. The topological polar surface area (TPSA) is 88.6 Å². The maximum absolute atomic E-state index is 11.3. The summed E-state index contributed by atoms with van der Waals surface area (Å²) in [7, 11) is 0. The number of hydrogen-bond donors (Lipinski definition) is 1. The van der Waals surface area contributed by atoms with E-state index in [-0.39, 0.29) is 12.0 Å². The fraction of sp³-hybridized carbons (Fsp3) is 0.182. The van der Waals surface area contributed by atoms with E-state index in [2.05, 4.69) is 31.8 Å². The van der Waals surface area contributed by atoms with Crippen molar-refractivity contribution in [3.63, 3.8) is 0 Å². The number of Topliss-reactive ketones (excluding diaryl/α,β-unsaturated/α-hetero) is 1. The first kappa shape index (κ1) is 11.0. The van der Waals surface area contributed by atoms with Gasteiger partial charge in [0.15, 0.2) is 11.9 Å². The molecule has 1 N–H and O–H groups in total. The van der Waals surface area contributed by atoms with Gasteiger partial charge in [0.1, 0.15) is 23.4 Å². The first-order chi connectivity index (χ1) is 8.26.